The van der Waals surface area contributed by atoms with Crippen LogP contribution in [0.15, 0.2) is 58.0 Å². The lowest BCUT2D eigenvalue weighted by Crippen LogP contribution is -2.14. The predicted molar refractivity (Wildman–Crippen MR) is 94.2 cm³/mol. The molecule has 0 fully saturated rings. The first-order chi connectivity index (χ1) is 10.9. The maximum atomic E-state index is 4.76. The standard InChI is InChI=1S/C18H21N3S/c1-2-19-18-21(20-13-15-9-5-3-6-10-15)17(14-22-18)16-11-7-4-8-12-16/h3-5,7-8,11-15H,2,6,9-10H2,1H3. The summed E-state index contributed by atoms with van der Waals surface area (Å²) in [4.78, 5) is 5.53. The summed E-state index contributed by atoms with van der Waals surface area (Å²) in [5.74, 6) is 0.537. The minimum absolute atomic E-state index is 0.537. The van der Waals surface area contributed by atoms with E-state index in [1.54, 1.807) is 11.3 Å². The highest BCUT2D eigenvalue weighted by Crippen LogP contribution is 2.20. The number of nitrogens with zero attached hydrogens (tertiary/aromatic N) is 3. The van der Waals surface area contributed by atoms with Gasteiger partial charge in [0.05, 0.1) is 5.69 Å². The van der Waals surface area contributed by atoms with Crippen LogP contribution in [0.3, 0.4) is 0 Å². The maximum Gasteiger partial charge on any atom is 0.206 e. The zero-order valence-corrected chi connectivity index (χ0v) is 13.7. The van der Waals surface area contributed by atoms with Gasteiger partial charge in [0, 0.05) is 23.7 Å². The van der Waals surface area contributed by atoms with Crippen molar-refractivity contribution in [1.29, 1.82) is 0 Å². The Hall–Kier alpha value is -1.94. The first kappa shape index (κ1) is 15.0. The van der Waals surface area contributed by atoms with Crippen molar-refractivity contribution in [2.75, 3.05) is 6.54 Å². The summed E-state index contributed by atoms with van der Waals surface area (Å²) in [5, 5.41) is 6.90. The highest BCUT2D eigenvalue weighted by atomic mass is 32.1. The van der Waals surface area contributed by atoms with E-state index in [0.717, 1.165) is 29.9 Å². The Kier molecular flexibility index (Phi) is 5.01. The summed E-state index contributed by atoms with van der Waals surface area (Å²) >= 11 is 1.65. The third-order valence-electron chi connectivity index (χ3n) is 3.75. The Morgan fingerprint density at radius 1 is 1.27 bits per heavy atom. The molecule has 114 valence electrons. The molecule has 22 heavy (non-hydrogen) atoms. The Morgan fingerprint density at radius 3 is 2.86 bits per heavy atom. The van der Waals surface area contributed by atoms with Gasteiger partial charge in [-0.05, 0) is 32.1 Å². The third-order valence-corrected chi connectivity index (χ3v) is 4.60. The van der Waals surface area contributed by atoms with Crippen LogP contribution in [0.25, 0.3) is 11.3 Å². The molecule has 1 aliphatic rings. The summed E-state index contributed by atoms with van der Waals surface area (Å²) < 4.78 is 1.99. The van der Waals surface area contributed by atoms with Crippen LogP contribution < -0.4 is 4.80 Å². The van der Waals surface area contributed by atoms with Crippen LogP contribution in [0, 0.1) is 5.92 Å². The van der Waals surface area contributed by atoms with E-state index >= 15 is 0 Å². The van der Waals surface area contributed by atoms with E-state index in [4.69, 9.17) is 5.10 Å². The molecule has 3 nitrogen and oxygen atoms in total. The van der Waals surface area contributed by atoms with E-state index in [0.29, 0.717) is 5.92 Å². The summed E-state index contributed by atoms with van der Waals surface area (Å²) in [5.41, 5.74) is 2.29. The molecule has 2 aromatic rings. The Bertz CT molecular complexity index is 722. The van der Waals surface area contributed by atoms with Gasteiger partial charge in [0.25, 0.3) is 0 Å². The monoisotopic (exact) mass is 311 g/mol. The largest absolute Gasteiger partial charge is 0.258 e. The van der Waals surface area contributed by atoms with Gasteiger partial charge in [-0.1, -0.05) is 42.5 Å². The van der Waals surface area contributed by atoms with Crippen molar-refractivity contribution in [3.8, 4) is 11.3 Å². The number of allylic oxidation sites excluding steroid dienone is 2. The fourth-order valence-electron chi connectivity index (χ4n) is 2.58. The quantitative estimate of drug-likeness (QED) is 0.594. The van der Waals surface area contributed by atoms with Crippen molar-refractivity contribution < 1.29 is 0 Å². The smallest absolute Gasteiger partial charge is 0.206 e. The topological polar surface area (TPSA) is 29.6 Å². The fraction of sp³-hybridized carbons (Fsp3) is 0.333. The molecule has 0 saturated carbocycles. The second-order valence-corrected chi connectivity index (χ2v) is 6.20. The number of aromatic nitrogens is 1. The number of thiazole rings is 1. The first-order valence-electron chi connectivity index (χ1n) is 7.84. The van der Waals surface area contributed by atoms with Crippen LogP contribution >= 0.6 is 11.3 Å². The summed E-state index contributed by atoms with van der Waals surface area (Å²) in [6.07, 6.45) is 10.0. The highest BCUT2D eigenvalue weighted by Gasteiger charge is 2.09. The molecular formula is C18H21N3S. The average molecular weight is 311 g/mol. The Labute approximate surface area is 135 Å². The molecule has 0 spiro atoms. The van der Waals surface area contributed by atoms with E-state index in [1.165, 1.54) is 12.0 Å². The van der Waals surface area contributed by atoms with Gasteiger partial charge in [-0.3, -0.25) is 4.99 Å². The molecule has 0 radical (unpaired) electrons. The van der Waals surface area contributed by atoms with Gasteiger partial charge in [0.15, 0.2) is 0 Å². The van der Waals surface area contributed by atoms with Crippen LogP contribution in [0.2, 0.25) is 0 Å². The third kappa shape index (κ3) is 3.45. The van der Waals surface area contributed by atoms with E-state index in [-0.39, 0.29) is 0 Å². The molecule has 3 rings (SSSR count). The molecule has 1 aromatic carbocycles. The highest BCUT2D eigenvalue weighted by molar-refractivity contribution is 7.07. The average Bonchev–Trinajstić information content (AvgIpc) is 2.98. The molecule has 0 bridgehead atoms. The molecule has 1 aliphatic carbocycles. The van der Waals surface area contributed by atoms with Crippen LogP contribution in [0.1, 0.15) is 26.2 Å². The van der Waals surface area contributed by atoms with Gasteiger partial charge in [0.1, 0.15) is 0 Å². The number of benzene rings is 1. The molecule has 0 N–H and O–H groups in total. The minimum atomic E-state index is 0.537. The predicted octanol–water partition coefficient (Wildman–Crippen LogP) is 4.33. The lowest BCUT2D eigenvalue weighted by Gasteiger charge is -2.12. The van der Waals surface area contributed by atoms with Gasteiger partial charge >= 0.3 is 0 Å². The van der Waals surface area contributed by atoms with Crippen LogP contribution in [-0.2, 0) is 0 Å². The van der Waals surface area contributed by atoms with Gasteiger partial charge in [-0.25, -0.2) is 4.68 Å². The van der Waals surface area contributed by atoms with E-state index in [1.807, 2.05) is 10.7 Å². The van der Waals surface area contributed by atoms with E-state index in [2.05, 4.69) is 59.9 Å². The van der Waals surface area contributed by atoms with Gasteiger partial charge < -0.3 is 0 Å². The van der Waals surface area contributed by atoms with Crippen molar-refractivity contribution in [3.63, 3.8) is 0 Å². The Balaban J connectivity index is 1.97. The molecule has 0 saturated heterocycles. The summed E-state index contributed by atoms with van der Waals surface area (Å²) in [7, 11) is 0. The van der Waals surface area contributed by atoms with E-state index in [9.17, 15) is 0 Å². The maximum absolute atomic E-state index is 4.76. The van der Waals surface area contributed by atoms with Gasteiger partial charge in [-0.15, -0.1) is 11.3 Å². The van der Waals surface area contributed by atoms with Crippen molar-refractivity contribution in [3.05, 3.63) is 52.7 Å². The SMILES string of the molecule is CCN=c1scc(-c2ccccc2)n1N=CC1CC=CCC1. The van der Waals surface area contributed by atoms with Crippen molar-refractivity contribution in [2.24, 2.45) is 16.0 Å². The molecule has 4 heteroatoms. The second-order valence-electron chi connectivity index (χ2n) is 5.36. The lowest BCUT2D eigenvalue weighted by atomic mass is 9.96. The molecule has 1 unspecified atom stereocenters. The summed E-state index contributed by atoms with van der Waals surface area (Å²) in [6, 6.07) is 10.4. The Morgan fingerprint density at radius 2 is 2.14 bits per heavy atom. The van der Waals surface area contributed by atoms with Crippen molar-refractivity contribution in [1.82, 2.24) is 4.68 Å². The molecule has 1 atom stereocenters. The summed E-state index contributed by atoms with van der Waals surface area (Å²) in [6.45, 7) is 2.83. The molecule has 0 amide bonds. The number of hydrogen-bond acceptors (Lipinski definition) is 3. The van der Waals surface area contributed by atoms with E-state index < -0.39 is 0 Å². The van der Waals surface area contributed by atoms with Crippen LogP contribution in [0.5, 0.6) is 0 Å². The zero-order valence-electron chi connectivity index (χ0n) is 12.9. The van der Waals surface area contributed by atoms with Crippen LogP contribution in [0.4, 0.5) is 0 Å². The van der Waals surface area contributed by atoms with Crippen molar-refractivity contribution >= 4 is 17.6 Å². The fourth-order valence-corrected chi connectivity index (χ4v) is 3.48. The van der Waals surface area contributed by atoms with Gasteiger partial charge in [0.2, 0.25) is 4.80 Å². The first-order valence-corrected chi connectivity index (χ1v) is 8.72. The van der Waals surface area contributed by atoms with Crippen LogP contribution in [-0.4, -0.2) is 17.4 Å². The number of rotatable bonds is 4. The molecule has 0 aliphatic heterocycles. The van der Waals surface area contributed by atoms with Crippen molar-refractivity contribution in [2.45, 2.75) is 26.2 Å². The van der Waals surface area contributed by atoms with Gasteiger partial charge in [-0.2, -0.15) is 5.10 Å². The minimum Gasteiger partial charge on any atom is -0.258 e. The lowest BCUT2D eigenvalue weighted by molar-refractivity contribution is 0.621. The molecular weight excluding hydrogens is 290 g/mol. The zero-order chi connectivity index (χ0) is 15.2. The number of hydrogen-bond donors (Lipinski definition) is 0. The second kappa shape index (κ2) is 7.36. The normalized spacial score (nSPS) is 19.1. The molecule has 1 aromatic heterocycles. The molecule has 1 heterocycles.